The maximum absolute atomic E-state index is 13.8. The fourth-order valence-corrected chi connectivity index (χ4v) is 6.74. The first-order valence-corrected chi connectivity index (χ1v) is 12.7. The highest BCUT2D eigenvalue weighted by molar-refractivity contribution is 6.18. The number of allylic oxidation sites excluding steroid dienone is 2. The Morgan fingerprint density at radius 2 is 1.15 bits per heavy atom. The number of carbonyl (C=O) groups excluding carboxylic acids is 2. The summed E-state index contributed by atoms with van der Waals surface area (Å²) >= 11 is 0. The van der Waals surface area contributed by atoms with Gasteiger partial charge in [0.05, 0.1) is 37.6 Å². The van der Waals surface area contributed by atoms with E-state index in [0.717, 1.165) is 0 Å². The molecule has 1 aliphatic heterocycles. The molecule has 0 amide bonds. The Balaban J connectivity index is 1.84. The fraction of sp³-hybridized carbons (Fsp3) is 0.379. The molecule has 39 heavy (non-hydrogen) atoms. The van der Waals surface area contributed by atoms with Gasteiger partial charge in [-0.3, -0.25) is 9.59 Å². The molecule has 4 aliphatic rings. The van der Waals surface area contributed by atoms with Gasteiger partial charge >= 0.3 is 0 Å². The van der Waals surface area contributed by atoms with Gasteiger partial charge in [0.2, 0.25) is 18.4 Å². The van der Waals surface area contributed by atoms with Crippen molar-refractivity contribution in [2.45, 2.75) is 50.7 Å². The number of methoxy groups -OCH3 is 2. The van der Waals surface area contributed by atoms with Gasteiger partial charge in [-0.1, -0.05) is 0 Å². The van der Waals surface area contributed by atoms with Crippen LogP contribution in [0.2, 0.25) is 0 Å². The topological polar surface area (TPSA) is 152 Å². The monoisotopic (exact) mass is 536 g/mol. The first kappa shape index (κ1) is 25.3. The van der Waals surface area contributed by atoms with E-state index < -0.39 is 35.6 Å². The van der Waals surface area contributed by atoms with E-state index in [9.17, 15) is 30.0 Å². The van der Waals surface area contributed by atoms with E-state index in [1.54, 1.807) is 13.8 Å². The minimum atomic E-state index is -0.869. The van der Waals surface area contributed by atoms with E-state index in [1.165, 1.54) is 26.4 Å². The molecule has 0 spiro atoms. The van der Waals surface area contributed by atoms with Crippen molar-refractivity contribution in [1.29, 1.82) is 0 Å². The summed E-state index contributed by atoms with van der Waals surface area (Å²) in [4.78, 5) is 27.6. The summed E-state index contributed by atoms with van der Waals surface area (Å²) in [6.07, 6.45) is -1.64. The number of benzene rings is 2. The molecule has 3 aliphatic carbocycles. The van der Waals surface area contributed by atoms with Gasteiger partial charge in [0.1, 0.15) is 23.0 Å². The van der Waals surface area contributed by atoms with Crippen LogP contribution in [0.3, 0.4) is 0 Å². The minimum Gasteiger partial charge on any atom is -0.507 e. The van der Waals surface area contributed by atoms with Crippen LogP contribution in [0.5, 0.6) is 23.0 Å². The quantitative estimate of drug-likeness (QED) is 0.432. The molecule has 0 radical (unpaired) electrons. The van der Waals surface area contributed by atoms with Crippen LogP contribution in [-0.4, -0.2) is 65.2 Å². The lowest BCUT2D eigenvalue weighted by molar-refractivity contribution is 0.0914. The van der Waals surface area contributed by atoms with E-state index in [2.05, 4.69) is 0 Å². The Morgan fingerprint density at radius 3 is 1.49 bits per heavy atom. The molecule has 10 nitrogen and oxygen atoms in total. The summed E-state index contributed by atoms with van der Waals surface area (Å²) in [5.74, 6) is -2.74. The predicted molar refractivity (Wildman–Crippen MR) is 136 cm³/mol. The molecule has 0 saturated heterocycles. The summed E-state index contributed by atoms with van der Waals surface area (Å²) in [7, 11) is 2.70. The van der Waals surface area contributed by atoms with Crippen molar-refractivity contribution in [3.63, 3.8) is 0 Å². The number of rotatable bonds is 6. The predicted octanol–water partition coefficient (Wildman–Crippen LogP) is 3.41. The van der Waals surface area contributed by atoms with E-state index >= 15 is 0 Å². The fourth-order valence-electron chi connectivity index (χ4n) is 6.74. The molecule has 204 valence electrons. The lowest BCUT2D eigenvalue weighted by Crippen LogP contribution is -2.35. The molecule has 2 aromatic carbocycles. The van der Waals surface area contributed by atoms with Gasteiger partial charge in [0, 0.05) is 35.1 Å². The third-order valence-corrected chi connectivity index (χ3v) is 7.89. The molecular weight excluding hydrogens is 508 g/mol. The van der Waals surface area contributed by atoms with Crippen molar-refractivity contribution < 1.29 is 49.0 Å². The molecule has 1 heterocycles. The van der Waals surface area contributed by atoms with Crippen LogP contribution in [0.1, 0.15) is 70.4 Å². The molecule has 10 heteroatoms. The largest absolute Gasteiger partial charge is 0.507 e. The number of carbonyl (C=O) groups is 2. The van der Waals surface area contributed by atoms with Gasteiger partial charge in [-0.25, -0.2) is 0 Å². The molecule has 2 aromatic rings. The summed E-state index contributed by atoms with van der Waals surface area (Å²) in [6.45, 7) is 2.93. The number of hydrogen-bond acceptors (Lipinski definition) is 10. The molecular formula is C29H28O10. The smallest absolute Gasteiger partial charge is 0.231 e. The number of aromatic hydroxyl groups is 2. The molecule has 4 atom stereocenters. The zero-order valence-corrected chi connectivity index (χ0v) is 21.8. The van der Waals surface area contributed by atoms with Crippen LogP contribution in [0.4, 0.5) is 0 Å². The zero-order chi connectivity index (χ0) is 27.9. The van der Waals surface area contributed by atoms with Gasteiger partial charge in [-0.2, -0.15) is 0 Å². The Labute approximate surface area is 223 Å². The van der Waals surface area contributed by atoms with E-state index in [0.29, 0.717) is 33.4 Å². The van der Waals surface area contributed by atoms with Crippen molar-refractivity contribution in [2.75, 3.05) is 21.0 Å². The average molecular weight is 537 g/mol. The van der Waals surface area contributed by atoms with Crippen molar-refractivity contribution in [2.24, 2.45) is 0 Å². The normalized spacial score (nSPS) is 22.0. The SMILES string of the molecule is COC1=C(C[C@H](C)O)C2c3c(c(O)cc4c3-c3c(cc(O)c5c3C2C(C[C@H](C)O)=C(OC)C5=O)OCO4)C1=O. The van der Waals surface area contributed by atoms with Crippen LogP contribution in [0.15, 0.2) is 34.8 Å². The molecule has 0 bridgehead atoms. The van der Waals surface area contributed by atoms with Crippen molar-refractivity contribution in [3.8, 4) is 34.1 Å². The second kappa shape index (κ2) is 8.75. The highest BCUT2D eigenvalue weighted by atomic mass is 16.7. The van der Waals surface area contributed by atoms with Gasteiger partial charge in [-0.15, -0.1) is 0 Å². The van der Waals surface area contributed by atoms with E-state index in [4.69, 9.17) is 18.9 Å². The number of ether oxygens (including phenoxy) is 4. The van der Waals surface area contributed by atoms with Crippen LogP contribution < -0.4 is 9.47 Å². The molecule has 0 aromatic heterocycles. The lowest BCUT2D eigenvalue weighted by Gasteiger charge is -2.45. The number of phenolic OH excluding ortho intramolecular Hbond substituents is 2. The number of Topliss-reactive ketones (excluding diaryl/α,β-unsaturated/α-hetero) is 2. The molecule has 2 unspecified atom stereocenters. The maximum Gasteiger partial charge on any atom is 0.231 e. The number of ketones is 2. The lowest BCUT2D eigenvalue weighted by atomic mass is 9.58. The standard InChI is InChI=1S/C29H28O10/c1-10(30)5-12-18-19-13(6-11(2)31)29(37-4)27(35)21-15(33)8-17-23(25(19)21)22-16(38-9-39-17)7-14(32)20(24(18)22)26(34)28(12)36-3/h7-8,10-11,18-19,30-33H,5-6,9H2,1-4H3/t10-,11-,18?,19?/m0/s1. The van der Waals surface area contributed by atoms with Crippen molar-refractivity contribution in [1.82, 2.24) is 0 Å². The maximum atomic E-state index is 13.8. The third kappa shape index (κ3) is 3.34. The summed E-state index contributed by atoms with van der Waals surface area (Å²) in [5.41, 5.74) is 2.78. The molecule has 0 saturated carbocycles. The Hall–Kier alpha value is -4.02. The number of hydrogen-bond donors (Lipinski definition) is 4. The zero-order valence-electron chi connectivity index (χ0n) is 21.8. The second-order valence-corrected chi connectivity index (χ2v) is 10.4. The molecule has 0 fully saturated rings. The van der Waals surface area contributed by atoms with E-state index in [-0.39, 0.29) is 65.3 Å². The highest BCUT2D eigenvalue weighted by Crippen LogP contribution is 2.66. The number of aliphatic hydroxyl groups excluding tert-OH is 2. The van der Waals surface area contributed by atoms with Crippen LogP contribution in [0.25, 0.3) is 11.1 Å². The van der Waals surface area contributed by atoms with Crippen molar-refractivity contribution >= 4 is 11.6 Å². The summed E-state index contributed by atoms with van der Waals surface area (Å²) in [6, 6.07) is 2.68. The van der Waals surface area contributed by atoms with Crippen LogP contribution in [-0.2, 0) is 9.47 Å². The van der Waals surface area contributed by atoms with Crippen LogP contribution in [0, 0.1) is 0 Å². The first-order chi connectivity index (χ1) is 18.6. The Kier molecular flexibility index (Phi) is 5.67. The molecule has 4 N–H and O–H groups in total. The summed E-state index contributed by atoms with van der Waals surface area (Å²) in [5, 5.41) is 43.3. The second-order valence-electron chi connectivity index (χ2n) is 10.4. The van der Waals surface area contributed by atoms with Gasteiger partial charge in [0.25, 0.3) is 0 Å². The Morgan fingerprint density at radius 1 is 0.769 bits per heavy atom. The third-order valence-electron chi connectivity index (χ3n) is 7.89. The number of aliphatic hydroxyl groups is 2. The average Bonchev–Trinajstić information content (AvgIpc) is 3.03. The number of phenols is 2. The molecule has 6 rings (SSSR count). The van der Waals surface area contributed by atoms with Gasteiger partial charge in [0.15, 0.2) is 11.5 Å². The summed E-state index contributed by atoms with van der Waals surface area (Å²) < 4.78 is 22.9. The minimum absolute atomic E-state index is 0.0212. The van der Waals surface area contributed by atoms with Gasteiger partial charge < -0.3 is 39.4 Å². The van der Waals surface area contributed by atoms with Gasteiger partial charge in [-0.05, 0) is 49.0 Å². The first-order valence-electron chi connectivity index (χ1n) is 12.7. The number of fused-ring (bicyclic) bond motifs is 1. The Bertz CT molecular complexity index is 1410. The van der Waals surface area contributed by atoms with E-state index in [1.807, 2.05) is 0 Å². The highest BCUT2D eigenvalue weighted by Gasteiger charge is 2.53. The van der Waals surface area contributed by atoms with Crippen molar-refractivity contribution in [3.05, 3.63) is 57.1 Å². The van der Waals surface area contributed by atoms with Crippen LogP contribution >= 0.6 is 0 Å².